The highest BCUT2D eigenvalue weighted by molar-refractivity contribution is 5.65. The summed E-state index contributed by atoms with van der Waals surface area (Å²) < 4.78 is 14.6. The maximum absolute atomic E-state index is 14.6. The van der Waals surface area contributed by atoms with Gasteiger partial charge in [-0.05, 0) is 113 Å². The molecule has 230 valence electrons. The molecule has 1 aromatic carbocycles. The lowest BCUT2D eigenvalue weighted by atomic mass is 9.58. The summed E-state index contributed by atoms with van der Waals surface area (Å²) in [5.41, 5.74) is 12.8. The van der Waals surface area contributed by atoms with E-state index in [1.807, 2.05) is 6.07 Å². The lowest BCUT2D eigenvalue weighted by Gasteiger charge is -2.54. The Labute approximate surface area is 257 Å². The van der Waals surface area contributed by atoms with Crippen molar-refractivity contribution in [2.45, 2.75) is 139 Å². The number of halogens is 1. The third-order valence-corrected chi connectivity index (χ3v) is 12.8. The van der Waals surface area contributed by atoms with Crippen LogP contribution in [-0.4, -0.2) is 51.8 Å². The Bertz CT molecular complexity index is 1440. The maximum atomic E-state index is 14.6. The van der Waals surface area contributed by atoms with Crippen LogP contribution >= 0.6 is 0 Å². The average Bonchev–Trinajstić information content (AvgIpc) is 3.52. The molecule has 2 N–H and O–H groups in total. The van der Waals surface area contributed by atoms with E-state index in [-0.39, 0.29) is 16.5 Å². The number of alkyl halides is 1. The highest BCUT2D eigenvalue weighted by Crippen LogP contribution is 2.54. The van der Waals surface area contributed by atoms with Crippen molar-refractivity contribution in [1.29, 1.82) is 5.26 Å². The Morgan fingerprint density at radius 3 is 2.65 bits per heavy atom. The number of hydrogen-bond donors (Lipinski definition) is 1. The molecule has 43 heavy (non-hydrogen) atoms. The van der Waals surface area contributed by atoms with Crippen molar-refractivity contribution < 1.29 is 4.39 Å². The van der Waals surface area contributed by atoms with Crippen LogP contribution in [0.25, 0.3) is 0 Å². The van der Waals surface area contributed by atoms with Crippen molar-refractivity contribution >= 4 is 11.5 Å². The van der Waals surface area contributed by atoms with E-state index in [1.165, 1.54) is 28.8 Å². The molecule has 2 aromatic rings. The molecule has 3 saturated heterocycles. The van der Waals surface area contributed by atoms with Crippen molar-refractivity contribution in [1.82, 2.24) is 14.9 Å². The number of anilines is 2. The van der Waals surface area contributed by atoms with Crippen molar-refractivity contribution in [3.63, 3.8) is 0 Å². The van der Waals surface area contributed by atoms with Gasteiger partial charge in [0.2, 0.25) is 0 Å². The molecule has 0 amide bonds. The number of aromatic nitrogens is 2. The summed E-state index contributed by atoms with van der Waals surface area (Å²) in [4.78, 5) is 15.8. The molecule has 4 heterocycles. The normalized spacial score (nSPS) is 30.9. The first-order valence-corrected chi connectivity index (χ1v) is 17.2. The molecule has 7 heteroatoms. The zero-order valence-corrected chi connectivity index (χ0v) is 26.5. The molecule has 7 rings (SSSR count). The molecular formula is C36H49FN6. The minimum atomic E-state index is -0.712. The summed E-state index contributed by atoms with van der Waals surface area (Å²) in [6.45, 7) is 9.55. The number of nitrogens with two attached hydrogens (primary N) is 1. The number of rotatable bonds is 7. The van der Waals surface area contributed by atoms with Gasteiger partial charge in [0, 0.05) is 47.3 Å². The highest BCUT2D eigenvalue weighted by Gasteiger charge is 2.50. The first-order valence-electron chi connectivity index (χ1n) is 17.2. The van der Waals surface area contributed by atoms with Crippen LogP contribution in [0.4, 0.5) is 15.9 Å². The minimum Gasteiger partial charge on any atom is -0.398 e. The molecular weight excluding hydrogens is 535 g/mol. The van der Waals surface area contributed by atoms with Crippen LogP contribution in [0.2, 0.25) is 0 Å². The fraction of sp³-hybridized carbons (Fsp3) is 0.694. The second kappa shape index (κ2) is 10.7. The standard InChI is InChI=1S/C36H49FN6/c1-4-24-10-14-34(32-26(24)8-9-29(39)28(32)22-38)15-11-27-30(21-34)40-31(41-33(27)43-19-17-35(43,5-2)6-3)12-16-36-13-7-18-42(36)23-25(37)20-36/h8-9,24-25H,4-7,10-21,23,39H2,1-3H3. The predicted octanol–water partition coefficient (Wildman–Crippen LogP) is 6.92. The van der Waals surface area contributed by atoms with Gasteiger partial charge in [-0.2, -0.15) is 5.26 Å². The van der Waals surface area contributed by atoms with E-state index in [0.717, 1.165) is 102 Å². The summed E-state index contributed by atoms with van der Waals surface area (Å²) in [5, 5.41) is 10.3. The zero-order chi connectivity index (χ0) is 30.0. The van der Waals surface area contributed by atoms with Crippen molar-refractivity contribution in [2.24, 2.45) is 0 Å². The maximum Gasteiger partial charge on any atom is 0.136 e. The Balaban J connectivity index is 1.30. The molecule has 3 aliphatic heterocycles. The molecule has 0 saturated carbocycles. The molecule has 2 aliphatic carbocycles. The van der Waals surface area contributed by atoms with E-state index in [1.54, 1.807) is 0 Å². The van der Waals surface area contributed by atoms with Crippen LogP contribution in [0, 0.1) is 11.3 Å². The molecule has 4 atom stereocenters. The van der Waals surface area contributed by atoms with E-state index in [0.29, 0.717) is 30.1 Å². The Kier molecular flexibility index (Phi) is 7.23. The van der Waals surface area contributed by atoms with Gasteiger partial charge in [-0.25, -0.2) is 14.4 Å². The largest absolute Gasteiger partial charge is 0.398 e. The van der Waals surface area contributed by atoms with Gasteiger partial charge in [-0.1, -0.05) is 26.8 Å². The van der Waals surface area contributed by atoms with Crippen molar-refractivity contribution in [3.8, 4) is 6.07 Å². The predicted molar refractivity (Wildman–Crippen MR) is 170 cm³/mol. The first-order chi connectivity index (χ1) is 20.8. The van der Waals surface area contributed by atoms with E-state index in [9.17, 15) is 9.65 Å². The highest BCUT2D eigenvalue weighted by atomic mass is 19.1. The summed E-state index contributed by atoms with van der Waals surface area (Å²) in [6.07, 6.45) is 13.4. The second-order valence-corrected chi connectivity index (χ2v) is 14.5. The molecule has 0 bridgehead atoms. The number of fused-ring (bicyclic) bond motifs is 4. The zero-order valence-electron chi connectivity index (χ0n) is 26.5. The van der Waals surface area contributed by atoms with Crippen molar-refractivity contribution in [3.05, 3.63) is 45.9 Å². The van der Waals surface area contributed by atoms with Gasteiger partial charge in [-0.15, -0.1) is 0 Å². The van der Waals surface area contributed by atoms with Crippen LogP contribution in [-0.2, 0) is 24.7 Å². The summed E-state index contributed by atoms with van der Waals surface area (Å²) in [6, 6.07) is 6.68. The third-order valence-electron chi connectivity index (χ3n) is 12.8. The lowest BCUT2D eigenvalue weighted by molar-refractivity contribution is 0.181. The Hall–Kier alpha value is -2.72. The van der Waals surface area contributed by atoms with Gasteiger partial charge in [0.15, 0.2) is 0 Å². The number of aryl methyl sites for hydroxylation is 1. The fourth-order valence-corrected chi connectivity index (χ4v) is 10.1. The average molecular weight is 585 g/mol. The molecule has 5 aliphatic rings. The van der Waals surface area contributed by atoms with Crippen LogP contribution in [0.15, 0.2) is 12.1 Å². The van der Waals surface area contributed by atoms with Gasteiger partial charge in [0.05, 0.1) is 11.3 Å². The van der Waals surface area contributed by atoms with E-state index < -0.39 is 6.17 Å². The number of hydrogen-bond acceptors (Lipinski definition) is 6. The minimum absolute atomic E-state index is 0.0237. The summed E-state index contributed by atoms with van der Waals surface area (Å²) in [7, 11) is 0. The van der Waals surface area contributed by atoms with Gasteiger partial charge >= 0.3 is 0 Å². The van der Waals surface area contributed by atoms with E-state index in [4.69, 9.17) is 15.7 Å². The second-order valence-electron chi connectivity index (χ2n) is 14.5. The molecule has 0 radical (unpaired) electrons. The molecule has 3 fully saturated rings. The Morgan fingerprint density at radius 2 is 1.93 bits per heavy atom. The monoisotopic (exact) mass is 584 g/mol. The van der Waals surface area contributed by atoms with E-state index >= 15 is 0 Å². The van der Waals surface area contributed by atoms with Crippen molar-refractivity contribution in [2.75, 3.05) is 30.3 Å². The number of nitriles is 1. The Morgan fingerprint density at radius 1 is 1.09 bits per heavy atom. The van der Waals surface area contributed by atoms with Gasteiger partial charge in [-0.3, -0.25) is 4.90 Å². The lowest BCUT2D eigenvalue weighted by Crippen LogP contribution is -2.60. The summed E-state index contributed by atoms with van der Waals surface area (Å²) >= 11 is 0. The smallest absolute Gasteiger partial charge is 0.136 e. The van der Waals surface area contributed by atoms with Crippen LogP contribution in [0.5, 0.6) is 0 Å². The third kappa shape index (κ3) is 4.41. The topological polar surface area (TPSA) is 82.1 Å². The van der Waals surface area contributed by atoms with Crippen LogP contribution in [0.3, 0.4) is 0 Å². The fourth-order valence-electron chi connectivity index (χ4n) is 10.1. The van der Waals surface area contributed by atoms with Crippen LogP contribution in [0.1, 0.15) is 131 Å². The van der Waals surface area contributed by atoms with Gasteiger partial charge in [0.25, 0.3) is 0 Å². The number of benzene rings is 1. The quantitative estimate of drug-likeness (QED) is 0.356. The van der Waals surface area contributed by atoms with Gasteiger partial charge in [0.1, 0.15) is 23.9 Å². The van der Waals surface area contributed by atoms with Gasteiger partial charge < -0.3 is 10.6 Å². The molecule has 1 spiro atoms. The molecule has 6 nitrogen and oxygen atoms in total. The SMILES string of the molecule is CCC1CCC2(CCc3c(nc(CCC45CCCN4CC(F)C5)nc3N3CCC3(CC)CC)C2)c2c1ccc(N)c2C#N. The first kappa shape index (κ1) is 29.0. The van der Waals surface area contributed by atoms with Crippen LogP contribution < -0.4 is 10.6 Å². The molecule has 1 aromatic heterocycles. The van der Waals surface area contributed by atoms with E-state index in [2.05, 4.69) is 42.7 Å². The summed E-state index contributed by atoms with van der Waals surface area (Å²) in [5.74, 6) is 2.57. The number of nitrogen functional groups attached to an aromatic ring is 1. The molecule has 4 unspecified atom stereocenters. The number of nitrogens with zero attached hydrogens (tertiary/aromatic N) is 5.